The molecule has 1 aromatic heterocycles. The maximum absolute atomic E-state index is 5.68. The van der Waals surface area contributed by atoms with E-state index < -0.39 is 0 Å². The van der Waals surface area contributed by atoms with Crippen LogP contribution in [0.1, 0.15) is 18.6 Å². The second kappa shape index (κ2) is 7.31. The highest BCUT2D eigenvalue weighted by Gasteiger charge is 2.21. The van der Waals surface area contributed by atoms with Gasteiger partial charge in [0.25, 0.3) is 0 Å². The van der Waals surface area contributed by atoms with Gasteiger partial charge in [0.15, 0.2) is 5.11 Å². The van der Waals surface area contributed by atoms with Crippen LogP contribution in [0.15, 0.2) is 35.5 Å². The van der Waals surface area contributed by atoms with Crippen molar-refractivity contribution in [2.75, 3.05) is 19.7 Å². The predicted molar refractivity (Wildman–Crippen MR) is 78.9 cm³/mol. The first kappa shape index (κ1) is 14.1. The molecule has 1 unspecified atom stereocenters. The molecule has 0 aromatic carbocycles. The maximum Gasteiger partial charge on any atom is 0.169 e. The van der Waals surface area contributed by atoms with Crippen molar-refractivity contribution in [3.63, 3.8) is 0 Å². The van der Waals surface area contributed by atoms with E-state index in [2.05, 4.69) is 16.8 Å². The van der Waals surface area contributed by atoms with Crippen LogP contribution in [0, 0.1) is 0 Å². The van der Waals surface area contributed by atoms with Crippen LogP contribution in [0.4, 0.5) is 0 Å². The quantitative estimate of drug-likeness (QED) is 0.639. The van der Waals surface area contributed by atoms with Crippen molar-refractivity contribution in [3.05, 3.63) is 36.8 Å². The first-order valence-corrected chi connectivity index (χ1v) is 6.98. The fourth-order valence-electron chi connectivity index (χ4n) is 2.12. The molecular weight excluding hydrogens is 260 g/mol. The van der Waals surface area contributed by atoms with Gasteiger partial charge in [-0.05, 0) is 37.2 Å². The van der Waals surface area contributed by atoms with Gasteiger partial charge in [-0.2, -0.15) is 0 Å². The molecule has 5 heteroatoms. The Morgan fingerprint density at radius 3 is 3.16 bits per heavy atom. The monoisotopic (exact) mass is 280 g/mol. The topological polar surface area (TPSA) is 37.6 Å². The van der Waals surface area contributed by atoms with Crippen LogP contribution < -0.4 is 5.32 Å². The maximum atomic E-state index is 5.68. The van der Waals surface area contributed by atoms with E-state index in [1.54, 1.807) is 12.3 Å². The van der Waals surface area contributed by atoms with E-state index in [9.17, 15) is 0 Å². The summed E-state index contributed by atoms with van der Waals surface area (Å²) in [7, 11) is 0. The van der Waals surface area contributed by atoms with E-state index in [0.29, 0.717) is 18.2 Å². The van der Waals surface area contributed by atoms with Crippen molar-refractivity contribution in [2.45, 2.75) is 25.5 Å². The molecule has 1 fully saturated rings. The minimum atomic E-state index is 0.262. The molecule has 0 amide bonds. The highest BCUT2D eigenvalue weighted by Crippen LogP contribution is 2.15. The molecular formula is C14H20N2O2S. The first-order chi connectivity index (χ1) is 9.29. The van der Waals surface area contributed by atoms with E-state index in [1.165, 1.54) is 0 Å². The number of thiocarbonyl (C=S) groups is 1. The van der Waals surface area contributed by atoms with Crippen LogP contribution in [0.3, 0.4) is 0 Å². The van der Waals surface area contributed by atoms with Gasteiger partial charge >= 0.3 is 0 Å². The lowest BCUT2D eigenvalue weighted by Crippen LogP contribution is -2.43. The van der Waals surface area contributed by atoms with Gasteiger partial charge in [-0.25, -0.2) is 0 Å². The van der Waals surface area contributed by atoms with Crippen LogP contribution in [0.25, 0.3) is 0 Å². The molecule has 104 valence electrons. The fourth-order valence-corrected chi connectivity index (χ4v) is 2.34. The Kier molecular flexibility index (Phi) is 5.42. The van der Waals surface area contributed by atoms with Crippen LogP contribution in [0.2, 0.25) is 0 Å². The van der Waals surface area contributed by atoms with E-state index in [4.69, 9.17) is 21.4 Å². The summed E-state index contributed by atoms with van der Waals surface area (Å²) in [5.74, 6) is 0.903. The molecule has 1 atom stereocenters. The third-order valence-corrected chi connectivity index (χ3v) is 3.46. The van der Waals surface area contributed by atoms with Crippen molar-refractivity contribution in [1.82, 2.24) is 10.2 Å². The summed E-state index contributed by atoms with van der Waals surface area (Å²) in [5.41, 5.74) is 0. The van der Waals surface area contributed by atoms with E-state index in [1.807, 2.05) is 12.1 Å². The molecule has 2 heterocycles. The molecule has 0 aliphatic carbocycles. The molecule has 0 spiro atoms. The van der Waals surface area contributed by atoms with Crippen LogP contribution in [-0.4, -0.2) is 35.8 Å². The van der Waals surface area contributed by atoms with Crippen molar-refractivity contribution >= 4 is 17.3 Å². The smallest absolute Gasteiger partial charge is 0.169 e. The van der Waals surface area contributed by atoms with E-state index >= 15 is 0 Å². The van der Waals surface area contributed by atoms with Crippen molar-refractivity contribution < 1.29 is 9.15 Å². The number of hydrogen-bond acceptors (Lipinski definition) is 3. The average molecular weight is 280 g/mol. The average Bonchev–Trinajstić information content (AvgIpc) is 3.08. The summed E-state index contributed by atoms with van der Waals surface area (Å²) in [6, 6.07) is 3.85. The Labute approximate surface area is 119 Å². The molecule has 4 nitrogen and oxygen atoms in total. The van der Waals surface area contributed by atoms with Gasteiger partial charge in [0.2, 0.25) is 0 Å². The second-order valence-corrected chi connectivity index (χ2v) is 4.96. The van der Waals surface area contributed by atoms with Gasteiger partial charge in [-0.15, -0.1) is 6.58 Å². The third kappa shape index (κ3) is 4.36. The third-order valence-electron chi connectivity index (χ3n) is 3.06. The molecule has 2 rings (SSSR count). The Morgan fingerprint density at radius 2 is 2.53 bits per heavy atom. The van der Waals surface area contributed by atoms with Gasteiger partial charge in [0, 0.05) is 19.7 Å². The number of nitrogens with zero attached hydrogens (tertiary/aromatic N) is 1. The van der Waals surface area contributed by atoms with Crippen molar-refractivity contribution in [1.29, 1.82) is 0 Å². The van der Waals surface area contributed by atoms with Crippen LogP contribution in [0.5, 0.6) is 0 Å². The lowest BCUT2D eigenvalue weighted by atomic mass is 10.2. The zero-order chi connectivity index (χ0) is 13.5. The summed E-state index contributed by atoms with van der Waals surface area (Å²) in [5, 5.41) is 3.88. The molecule has 1 aromatic rings. The van der Waals surface area contributed by atoms with Crippen molar-refractivity contribution in [2.24, 2.45) is 0 Å². The summed E-state index contributed by atoms with van der Waals surface area (Å²) < 4.78 is 11.1. The minimum Gasteiger partial charge on any atom is -0.467 e. The summed E-state index contributed by atoms with van der Waals surface area (Å²) in [6.45, 7) is 6.66. The zero-order valence-electron chi connectivity index (χ0n) is 11.0. The molecule has 1 saturated heterocycles. The molecule has 0 bridgehead atoms. The van der Waals surface area contributed by atoms with Crippen molar-refractivity contribution in [3.8, 4) is 0 Å². The second-order valence-electron chi connectivity index (χ2n) is 4.57. The van der Waals surface area contributed by atoms with E-state index in [-0.39, 0.29) is 6.10 Å². The Bertz CT molecular complexity index is 400. The number of nitrogens with one attached hydrogen (secondary N) is 1. The SMILES string of the molecule is C=CCNC(=S)N(Cc1ccco1)CC1CCCO1. The van der Waals surface area contributed by atoms with Gasteiger partial charge in [-0.3, -0.25) is 0 Å². The van der Waals surface area contributed by atoms with Gasteiger partial charge < -0.3 is 19.4 Å². The van der Waals surface area contributed by atoms with Gasteiger partial charge in [-0.1, -0.05) is 6.08 Å². The minimum absolute atomic E-state index is 0.262. The Balaban J connectivity index is 1.94. The molecule has 0 saturated carbocycles. The van der Waals surface area contributed by atoms with Gasteiger partial charge in [0.05, 0.1) is 18.9 Å². The van der Waals surface area contributed by atoms with Crippen LogP contribution in [-0.2, 0) is 11.3 Å². The molecule has 19 heavy (non-hydrogen) atoms. The number of ether oxygens (including phenoxy) is 1. The normalized spacial score (nSPS) is 18.2. The summed E-state index contributed by atoms with van der Waals surface area (Å²) >= 11 is 5.42. The lowest BCUT2D eigenvalue weighted by Gasteiger charge is -2.27. The molecule has 1 aliphatic rings. The Hall–Kier alpha value is -1.33. The van der Waals surface area contributed by atoms with Crippen LogP contribution >= 0.6 is 12.2 Å². The predicted octanol–water partition coefficient (Wildman–Crippen LogP) is 2.32. The molecule has 1 aliphatic heterocycles. The fraction of sp³-hybridized carbons (Fsp3) is 0.500. The summed E-state index contributed by atoms with van der Waals surface area (Å²) in [6.07, 6.45) is 5.96. The Morgan fingerprint density at radius 1 is 1.63 bits per heavy atom. The largest absolute Gasteiger partial charge is 0.467 e. The van der Waals surface area contributed by atoms with E-state index in [0.717, 1.165) is 31.8 Å². The highest BCUT2D eigenvalue weighted by atomic mass is 32.1. The zero-order valence-corrected chi connectivity index (χ0v) is 11.8. The lowest BCUT2D eigenvalue weighted by molar-refractivity contribution is 0.0885. The first-order valence-electron chi connectivity index (χ1n) is 6.57. The molecule has 0 radical (unpaired) electrons. The molecule has 1 N–H and O–H groups in total. The summed E-state index contributed by atoms with van der Waals surface area (Å²) in [4.78, 5) is 2.09. The highest BCUT2D eigenvalue weighted by molar-refractivity contribution is 7.80. The number of rotatable bonds is 6. The number of furan rings is 1. The number of hydrogen-bond donors (Lipinski definition) is 1. The van der Waals surface area contributed by atoms with Gasteiger partial charge in [0.1, 0.15) is 5.76 Å². The standard InChI is InChI=1S/C14H20N2O2S/c1-2-7-15-14(19)16(10-12-5-3-8-17-12)11-13-6-4-9-18-13/h2-3,5,8,13H,1,4,6-7,9-11H2,(H,15,19).